The van der Waals surface area contributed by atoms with Crippen molar-refractivity contribution in [3.05, 3.63) is 24.3 Å². The lowest BCUT2D eigenvalue weighted by molar-refractivity contribution is 0.116. The number of hydrogen-bond donors (Lipinski definition) is 1. The molecule has 0 unspecified atom stereocenters. The highest BCUT2D eigenvalue weighted by Crippen LogP contribution is 2.13. The predicted molar refractivity (Wildman–Crippen MR) is 75.9 cm³/mol. The van der Waals surface area contributed by atoms with Crippen LogP contribution in [0.2, 0.25) is 0 Å². The minimum atomic E-state index is 0.693. The van der Waals surface area contributed by atoms with E-state index >= 15 is 0 Å². The van der Waals surface area contributed by atoms with Gasteiger partial charge in [0.2, 0.25) is 0 Å². The summed E-state index contributed by atoms with van der Waals surface area (Å²) < 4.78 is 11.1. The average molecular weight is 251 g/mol. The number of nitrogen functional groups attached to an aromatic ring is 1. The molecule has 0 atom stereocenters. The minimum Gasteiger partial charge on any atom is -0.494 e. The van der Waals surface area contributed by atoms with E-state index in [-0.39, 0.29) is 0 Å². The Morgan fingerprint density at radius 1 is 0.889 bits per heavy atom. The first-order chi connectivity index (χ1) is 8.83. The highest BCUT2D eigenvalue weighted by Gasteiger charge is 1.94. The summed E-state index contributed by atoms with van der Waals surface area (Å²) in [6, 6.07) is 7.47. The van der Waals surface area contributed by atoms with Gasteiger partial charge in [-0.15, -0.1) is 0 Å². The molecule has 18 heavy (non-hydrogen) atoms. The third-order valence-electron chi connectivity index (χ3n) is 2.72. The van der Waals surface area contributed by atoms with Crippen LogP contribution in [0.4, 0.5) is 5.69 Å². The topological polar surface area (TPSA) is 44.5 Å². The number of nitrogens with two attached hydrogens (primary N) is 1. The van der Waals surface area contributed by atoms with E-state index in [0.717, 1.165) is 31.1 Å². The molecule has 1 rings (SSSR count). The summed E-state index contributed by atoms with van der Waals surface area (Å²) >= 11 is 0. The fourth-order valence-electron chi connectivity index (χ4n) is 1.65. The van der Waals surface area contributed by atoms with E-state index in [1.807, 2.05) is 24.3 Å². The molecule has 3 nitrogen and oxygen atoms in total. The van der Waals surface area contributed by atoms with Gasteiger partial charge in [0.1, 0.15) is 5.75 Å². The Kier molecular flexibility index (Phi) is 8.06. The fourth-order valence-corrected chi connectivity index (χ4v) is 1.65. The first kappa shape index (κ1) is 14.8. The molecule has 0 aliphatic heterocycles. The zero-order valence-corrected chi connectivity index (χ0v) is 11.4. The molecule has 0 aliphatic carbocycles. The molecule has 0 amide bonds. The molecule has 1 aromatic carbocycles. The van der Waals surface area contributed by atoms with Crippen LogP contribution in [0.15, 0.2) is 24.3 Å². The summed E-state index contributed by atoms with van der Waals surface area (Å²) in [7, 11) is 0. The maximum absolute atomic E-state index is 5.60. The molecule has 0 aliphatic rings. The molecule has 0 saturated heterocycles. The van der Waals surface area contributed by atoms with Crippen molar-refractivity contribution in [1.29, 1.82) is 0 Å². The second-order valence-corrected chi connectivity index (χ2v) is 4.44. The lowest BCUT2D eigenvalue weighted by Gasteiger charge is -2.07. The Balaban J connectivity index is 1.91. The number of benzene rings is 1. The highest BCUT2D eigenvalue weighted by atomic mass is 16.5. The normalized spacial score (nSPS) is 10.5. The van der Waals surface area contributed by atoms with Gasteiger partial charge in [0.05, 0.1) is 6.61 Å². The lowest BCUT2D eigenvalue weighted by Crippen LogP contribution is -2.04. The van der Waals surface area contributed by atoms with Gasteiger partial charge in [-0.2, -0.15) is 0 Å². The van der Waals surface area contributed by atoms with Crippen molar-refractivity contribution < 1.29 is 9.47 Å². The molecule has 1 aromatic rings. The summed E-state index contributed by atoms with van der Waals surface area (Å²) in [6.45, 7) is 4.57. The van der Waals surface area contributed by atoms with Crippen LogP contribution in [0.1, 0.15) is 39.0 Å². The second kappa shape index (κ2) is 9.77. The highest BCUT2D eigenvalue weighted by molar-refractivity contribution is 5.41. The molecular weight excluding hydrogens is 226 g/mol. The van der Waals surface area contributed by atoms with Gasteiger partial charge in [-0.05, 0) is 30.7 Å². The lowest BCUT2D eigenvalue weighted by atomic mass is 10.2. The monoisotopic (exact) mass is 251 g/mol. The molecule has 0 heterocycles. The van der Waals surface area contributed by atoms with Crippen LogP contribution in [-0.4, -0.2) is 19.8 Å². The van der Waals surface area contributed by atoms with Crippen LogP contribution in [0.3, 0.4) is 0 Å². The first-order valence-electron chi connectivity index (χ1n) is 6.89. The Bertz CT molecular complexity index is 298. The second-order valence-electron chi connectivity index (χ2n) is 4.44. The van der Waals surface area contributed by atoms with E-state index in [1.165, 1.54) is 25.7 Å². The Morgan fingerprint density at radius 3 is 2.33 bits per heavy atom. The molecule has 2 N–H and O–H groups in total. The van der Waals surface area contributed by atoms with Crippen molar-refractivity contribution in [3.63, 3.8) is 0 Å². The predicted octanol–water partition coefficient (Wildman–Crippen LogP) is 3.63. The molecule has 0 saturated carbocycles. The SMILES string of the molecule is CCCCCCOCCCOc1ccc(N)cc1. The van der Waals surface area contributed by atoms with Crippen molar-refractivity contribution in [1.82, 2.24) is 0 Å². The first-order valence-corrected chi connectivity index (χ1v) is 6.89. The van der Waals surface area contributed by atoms with Crippen LogP contribution >= 0.6 is 0 Å². The Hall–Kier alpha value is -1.22. The third-order valence-corrected chi connectivity index (χ3v) is 2.72. The van der Waals surface area contributed by atoms with Gasteiger partial charge in [-0.3, -0.25) is 0 Å². The van der Waals surface area contributed by atoms with Crippen LogP contribution in [-0.2, 0) is 4.74 Å². The quantitative estimate of drug-likeness (QED) is 0.510. The van der Waals surface area contributed by atoms with E-state index in [4.69, 9.17) is 15.2 Å². The van der Waals surface area contributed by atoms with Crippen LogP contribution in [0, 0.1) is 0 Å². The van der Waals surface area contributed by atoms with Gasteiger partial charge >= 0.3 is 0 Å². The van der Waals surface area contributed by atoms with E-state index in [0.29, 0.717) is 6.61 Å². The summed E-state index contributed by atoms with van der Waals surface area (Å²) in [6.07, 6.45) is 5.96. The van der Waals surface area contributed by atoms with Crippen molar-refractivity contribution in [2.24, 2.45) is 0 Å². The van der Waals surface area contributed by atoms with E-state index in [9.17, 15) is 0 Å². The number of hydrogen-bond acceptors (Lipinski definition) is 3. The number of rotatable bonds is 10. The van der Waals surface area contributed by atoms with Crippen molar-refractivity contribution in [2.45, 2.75) is 39.0 Å². The van der Waals surface area contributed by atoms with E-state index in [1.54, 1.807) is 0 Å². The number of anilines is 1. The number of unbranched alkanes of at least 4 members (excludes halogenated alkanes) is 3. The molecule has 0 spiro atoms. The maximum atomic E-state index is 5.60. The maximum Gasteiger partial charge on any atom is 0.119 e. The van der Waals surface area contributed by atoms with Crippen LogP contribution in [0.5, 0.6) is 5.75 Å². The van der Waals surface area contributed by atoms with Crippen molar-refractivity contribution in [3.8, 4) is 5.75 Å². The standard InChI is InChI=1S/C15H25NO2/c1-2-3-4-5-11-17-12-6-13-18-15-9-7-14(16)8-10-15/h7-10H,2-6,11-13,16H2,1H3. The third kappa shape index (κ3) is 7.17. The molecule has 0 radical (unpaired) electrons. The fraction of sp³-hybridized carbons (Fsp3) is 0.600. The molecule has 0 fully saturated rings. The van der Waals surface area contributed by atoms with Gasteiger partial charge in [0.25, 0.3) is 0 Å². The smallest absolute Gasteiger partial charge is 0.119 e. The number of ether oxygens (including phenoxy) is 2. The van der Waals surface area contributed by atoms with Crippen LogP contribution in [0.25, 0.3) is 0 Å². The van der Waals surface area contributed by atoms with E-state index < -0.39 is 0 Å². The van der Waals surface area contributed by atoms with E-state index in [2.05, 4.69) is 6.92 Å². The van der Waals surface area contributed by atoms with Gasteiger partial charge in [-0.1, -0.05) is 26.2 Å². The van der Waals surface area contributed by atoms with Crippen molar-refractivity contribution in [2.75, 3.05) is 25.6 Å². The van der Waals surface area contributed by atoms with Crippen LogP contribution < -0.4 is 10.5 Å². The summed E-state index contributed by atoms with van der Waals surface area (Å²) in [5, 5.41) is 0. The summed E-state index contributed by atoms with van der Waals surface area (Å²) in [5.41, 5.74) is 6.36. The largest absolute Gasteiger partial charge is 0.494 e. The Labute approximate surface area is 110 Å². The van der Waals surface area contributed by atoms with Crippen molar-refractivity contribution >= 4 is 5.69 Å². The summed E-state index contributed by atoms with van der Waals surface area (Å²) in [4.78, 5) is 0. The minimum absolute atomic E-state index is 0.693. The van der Waals surface area contributed by atoms with Gasteiger partial charge in [-0.25, -0.2) is 0 Å². The van der Waals surface area contributed by atoms with Gasteiger partial charge in [0.15, 0.2) is 0 Å². The zero-order valence-electron chi connectivity index (χ0n) is 11.4. The summed E-state index contributed by atoms with van der Waals surface area (Å²) in [5.74, 6) is 0.868. The molecule has 0 bridgehead atoms. The van der Waals surface area contributed by atoms with Gasteiger partial charge < -0.3 is 15.2 Å². The van der Waals surface area contributed by atoms with Gasteiger partial charge in [0, 0.05) is 25.3 Å². The molecular formula is C15H25NO2. The zero-order chi connectivity index (χ0) is 13.1. The molecule has 0 aromatic heterocycles. The Morgan fingerprint density at radius 2 is 1.61 bits per heavy atom. The molecule has 3 heteroatoms. The average Bonchev–Trinajstić information content (AvgIpc) is 2.39. The molecule has 102 valence electrons.